The maximum absolute atomic E-state index is 13.2. The van der Waals surface area contributed by atoms with Gasteiger partial charge >= 0.3 is 0 Å². The van der Waals surface area contributed by atoms with Crippen LogP contribution in [0.3, 0.4) is 0 Å². The van der Waals surface area contributed by atoms with Gasteiger partial charge in [0.05, 0.1) is 6.10 Å². The summed E-state index contributed by atoms with van der Waals surface area (Å²) in [7, 11) is 0. The number of halogens is 1. The first-order valence-electron chi connectivity index (χ1n) is 6.84. The van der Waals surface area contributed by atoms with Crippen molar-refractivity contribution in [3.8, 4) is 5.75 Å². The summed E-state index contributed by atoms with van der Waals surface area (Å²) >= 11 is 0. The summed E-state index contributed by atoms with van der Waals surface area (Å²) in [5.41, 5.74) is 1.72. The van der Waals surface area contributed by atoms with Gasteiger partial charge in [-0.2, -0.15) is 0 Å². The summed E-state index contributed by atoms with van der Waals surface area (Å²) in [6.07, 6.45) is -0.303. The number of rotatable bonds is 2. The van der Waals surface area contributed by atoms with E-state index < -0.39 is 6.10 Å². The van der Waals surface area contributed by atoms with Gasteiger partial charge < -0.3 is 9.84 Å². The van der Waals surface area contributed by atoms with Gasteiger partial charge in [-0.15, -0.1) is 0 Å². The van der Waals surface area contributed by atoms with E-state index in [-0.39, 0.29) is 17.8 Å². The first kappa shape index (κ1) is 13.1. The lowest BCUT2D eigenvalue weighted by Crippen LogP contribution is -2.30. The van der Waals surface area contributed by atoms with Crippen molar-refractivity contribution in [2.45, 2.75) is 31.5 Å². The summed E-state index contributed by atoms with van der Waals surface area (Å²) in [6.45, 7) is 2.08. The number of benzene rings is 2. The minimum atomic E-state index is -0.675. The molecule has 3 atom stereocenters. The molecule has 0 aliphatic carbocycles. The fourth-order valence-electron chi connectivity index (χ4n) is 2.72. The lowest BCUT2D eigenvalue weighted by molar-refractivity contribution is 0.0543. The average Bonchev–Trinajstić information content (AvgIpc) is 2.48. The molecule has 1 N–H and O–H groups in total. The molecule has 2 nitrogen and oxygen atoms in total. The van der Waals surface area contributed by atoms with Crippen LogP contribution in [0, 0.1) is 5.82 Å². The smallest absolute Gasteiger partial charge is 0.125 e. The monoisotopic (exact) mass is 272 g/mol. The van der Waals surface area contributed by atoms with Crippen LogP contribution in [-0.4, -0.2) is 11.2 Å². The van der Waals surface area contributed by atoms with Crippen molar-refractivity contribution in [3.63, 3.8) is 0 Å². The van der Waals surface area contributed by atoms with Gasteiger partial charge in [-0.1, -0.05) is 37.3 Å². The Labute approximate surface area is 117 Å². The zero-order valence-corrected chi connectivity index (χ0v) is 11.3. The molecular weight excluding hydrogens is 255 g/mol. The van der Waals surface area contributed by atoms with Crippen LogP contribution in [0.1, 0.15) is 36.5 Å². The fourth-order valence-corrected chi connectivity index (χ4v) is 2.72. The second kappa shape index (κ2) is 5.25. The zero-order chi connectivity index (χ0) is 14.1. The molecular formula is C17H17FO2. The van der Waals surface area contributed by atoms with E-state index in [9.17, 15) is 9.50 Å². The first-order chi connectivity index (χ1) is 9.65. The van der Waals surface area contributed by atoms with Crippen LogP contribution in [0.2, 0.25) is 0 Å². The Morgan fingerprint density at radius 2 is 1.95 bits per heavy atom. The quantitative estimate of drug-likeness (QED) is 0.900. The Bertz CT molecular complexity index is 597. The molecule has 3 rings (SSSR count). The molecule has 0 saturated heterocycles. The zero-order valence-electron chi connectivity index (χ0n) is 11.3. The largest absolute Gasteiger partial charge is 0.489 e. The van der Waals surface area contributed by atoms with Crippen molar-refractivity contribution in [2.75, 3.05) is 0 Å². The van der Waals surface area contributed by atoms with Crippen LogP contribution in [-0.2, 0) is 0 Å². The van der Waals surface area contributed by atoms with Crippen LogP contribution in [0.25, 0.3) is 0 Å². The Morgan fingerprint density at radius 1 is 1.20 bits per heavy atom. The summed E-state index contributed by atoms with van der Waals surface area (Å²) in [5, 5.41) is 10.2. The predicted octanol–water partition coefficient (Wildman–Crippen LogP) is 3.81. The first-order valence-corrected chi connectivity index (χ1v) is 6.84. The molecule has 104 valence electrons. The highest BCUT2D eigenvalue weighted by Gasteiger charge is 2.31. The van der Waals surface area contributed by atoms with Gasteiger partial charge in [-0.25, -0.2) is 4.39 Å². The third kappa shape index (κ3) is 2.41. The second-order valence-electron chi connectivity index (χ2n) is 5.29. The summed E-state index contributed by atoms with van der Waals surface area (Å²) in [4.78, 5) is 0. The number of hydrogen-bond acceptors (Lipinski definition) is 2. The third-order valence-electron chi connectivity index (χ3n) is 3.95. The van der Waals surface area contributed by atoms with E-state index in [0.717, 1.165) is 0 Å². The highest BCUT2D eigenvalue weighted by atomic mass is 19.1. The van der Waals surface area contributed by atoms with Gasteiger partial charge in [0.15, 0.2) is 0 Å². The van der Waals surface area contributed by atoms with Gasteiger partial charge in [-0.3, -0.25) is 0 Å². The molecule has 0 spiro atoms. The number of aliphatic hydroxyl groups excluding tert-OH is 1. The molecule has 2 unspecified atom stereocenters. The topological polar surface area (TPSA) is 29.5 Å². The van der Waals surface area contributed by atoms with Gasteiger partial charge in [0.1, 0.15) is 17.7 Å². The Kier molecular flexibility index (Phi) is 3.45. The minimum absolute atomic E-state index is 0.106. The molecule has 1 aliphatic rings. The minimum Gasteiger partial charge on any atom is -0.489 e. The van der Waals surface area contributed by atoms with Crippen LogP contribution in [0.4, 0.5) is 4.39 Å². The van der Waals surface area contributed by atoms with Crippen molar-refractivity contribution in [1.29, 1.82) is 0 Å². The third-order valence-corrected chi connectivity index (χ3v) is 3.95. The summed E-state index contributed by atoms with van der Waals surface area (Å²) in [6, 6.07) is 14.4. The van der Waals surface area contributed by atoms with Crippen LogP contribution >= 0.6 is 0 Å². The number of hydrogen-bond donors (Lipinski definition) is 1. The molecule has 0 radical (unpaired) electrons. The fraction of sp³-hybridized carbons (Fsp3) is 0.294. The molecule has 0 saturated carbocycles. The molecule has 0 fully saturated rings. The van der Waals surface area contributed by atoms with Gasteiger partial charge in [0.2, 0.25) is 0 Å². The van der Waals surface area contributed by atoms with Gasteiger partial charge in [-0.05, 0) is 23.8 Å². The highest BCUT2D eigenvalue weighted by molar-refractivity contribution is 5.38. The van der Waals surface area contributed by atoms with Crippen molar-refractivity contribution < 1.29 is 14.2 Å². The number of aliphatic hydroxyl groups is 1. The number of ether oxygens (including phenoxy) is 1. The lowest BCUT2D eigenvalue weighted by atomic mass is 9.88. The molecule has 1 aliphatic heterocycles. The van der Waals surface area contributed by atoms with E-state index in [1.807, 2.05) is 18.2 Å². The molecule has 2 aromatic rings. The second-order valence-corrected chi connectivity index (χ2v) is 5.29. The average molecular weight is 272 g/mol. The van der Waals surface area contributed by atoms with E-state index in [1.165, 1.54) is 17.7 Å². The van der Waals surface area contributed by atoms with Gasteiger partial charge in [0, 0.05) is 17.9 Å². The Balaban J connectivity index is 1.86. The SMILES string of the molecule is CC(c1ccccc1)C1C[C@H](O)c2cc(F)ccc2O1. The van der Waals surface area contributed by atoms with Crippen LogP contribution in [0.15, 0.2) is 48.5 Å². The maximum atomic E-state index is 13.2. The molecule has 20 heavy (non-hydrogen) atoms. The van der Waals surface area contributed by atoms with Crippen molar-refractivity contribution in [3.05, 3.63) is 65.5 Å². The Morgan fingerprint density at radius 3 is 2.70 bits per heavy atom. The van der Waals surface area contributed by atoms with E-state index in [4.69, 9.17) is 4.74 Å². The van der Waals surface area contributed by atoms with E-state index >= 15 is 0 Å². The van der Waals surface area contributed by atoms with E-state index in [1.54, 1.807) is 6.07 Å². The molecule has 0 aromatic heterocycles. The molecule has 0 amide bonds. The molecule has 1 heterocycles. The van der Waals surface area contributed by atoms with E-state index in [0.29, 0.717) is 17.7 Å². The maximum Gasteiger partial charge on any atom is 0.125 e. The lowest BCUT2D eigenvalue weighted by Gasteiger charge is -2.33. The predicted molar refractivity (Wildman–Crippen MR) is 75.2 cm³/mol. The normalized spacial score (nSPS) is 22.8. The molecule has 3 heteroatoms. The highest BCUT2D eigenvalue weighted by Crippen LogP contribution is 2.39. The van der Waals surface area contributed by atoms with Crippen molar-refractivity contribution >= 4 is 0 Å². The Hall–Kier alpha value is -1.87. The van der Waals surface area contributed by atoms with Crippen molar-refractivity contribution in [2.24, 2.45) is 0 Å². The van der Waals surface area contributed by atoms with Crippen molar-refractivity contribution in [1.82, 2.24) is 0 Å². The number of fused-ring (bicyclic) bond motifs is 1. The standard InChI is InChI=1S/C17H17FO2/c1-11(12-5-3-2-4-6-12)17-10-15(19)14-9-13(18)7-8-16(14)20-17/h2-9,11,15,17,19H,10H2,1H3/t11?,15-,17?/m0/s1. The van der Waals surface area contributed by atoms with Crippen LogP contribution < -0.4 is 4.74 Å². The molecule has 0 bridgehead atoms. The summed E-state index contributed by atoms with van der Waals surface area (Å²) in [5.74, 6) is 0.406. The van der Waals surface area contributed by atoms with Gasteiger partial charge in [0.25, 0.3) is 0 Å². The van der Waals surface area contributed by atoms with Crippen LogP contribution in [0.5, 0.6) is 5.75 Å². The summed E-state index contributed by atoms with van der Waals surface area (Å²) < 4.78 is 19.2. The molecule has 2 aromatic carbocycles. The van der Waals surface area contributed by atoms with E-state index in [2.05, 4.69) is 19.1 Å².